The first kappa shape index (κ1) is 16.9. The molecule has 0 saturated carbocycles. The lowest BCUT2D eigenvalue weighted by Crippen LogP contribution is -2.41. The van der Waals surface area contributed by atoms with Crippen LogP contribution in [0.15, 0.2) is 48.6 Å². The highest BCUT2D eigenvalue weighted by atomic mass is 19.1. The van der Waals surface area contributed by atoms with Gasteiger partial charge < -0.3 is 9.31 Å². The van der Waals surface area contributed by atoms with E-state index < -0.39 is 24.0 Å². The maximum Gasteiger partial charge on any atom is 0.524 e. The number of halogens is 1. The van der Waals surface area contributed by atoms with Crippen LogP contribution in [-0.4, -0.2) is 33.1 Å². The Bertz CT molecular complexity index is 727. The SMILES string of the molecule is CC1(C)OB(C(F)=CCn2ccc(-c3cccnc3)n2)OC1(C)C. The van der Waals surface area contributed by atoms with E-state index in [1.165, 1.54) is 6.08 Å². The van der Waals surface area contributed by atoms with Crippen molar-refractivity contribution in [3.05, 3.63) is 48.6 Å². The number of aromatic nitrogens is 3. The topological polar surface area (TPSA) is 49.2 Å². The van der Waals surface area contributed by atoms with Gasteiger partial charge in [-0.15, -0.1) is 0 Å². The molecule has 0 amide bonds. The molecule has 1 aliphatic heterocycles. The van der Waals surface area contributed by atoms with Gasteiger partial charge in [0.2, 0.25) is 0 Å². The Morgan fingerprint density at radius 1 is 1.25 bits per heavy atom. The van der Waals surface area contributed by atoms with Gasteiger partial charge in [-0.3, -0.25) is 9.67 Å². The zero-order chi connectivity index (χ0) is 17.4. The molecule has 1 fully saturated rings. The molecule has 0 bridgehead atoms. The van der Waals surface area contributed by atoms with Crippen molar-refractivity contribution in [2.45, 2.75) is 45.4 Å². The van der Waals surface area contributed by atoms with E-state index in [1.54, 1.807) is 23.3 Å². The third-order valence-electron chi connectivity index (χ3n) is 4.55. The van der Waals surface area contributed by atoms with Crippen LogP contribution in [0.25, 0.3) is 11.3 Å². The monoisotopic (exact) mass is 329 g/mol. The van der Waals surface area contributed by atoms with E-state index in [2.05, 4.69) is 10.1 Å². The Morgan fingerprint density at radius 2 is 1.96 bits per heavy atom. The van der Waals surface area contributed by atoms with Crippen molar-refractivity contribution in [2.75, 3.05) is 0 Å². The molecule has 7 heteroatoms. The fraction of sp³-hybridized carbons (Fsp3) is 0.412. The normalized spacial score (nSPS) is 19.7. The quantitative estimate of drug-likeness (QED) is 0.807. The second-order valence-corrected chi connectivity index (χ2v) is 6.84. The molecule has 0 aromatic carbocycles. The van der Waals surface area contributed by atoms with Gasteiger partial charge >= 0.3 is 7.12 Å². The summed E-state index contributed by atoms with van der Waals surface area (Å²) < 4.78 is 27.4. The number of pyridine rings is 1. The lowest BCUT2D eigenvalue weighted by atomic mass is 9.88. The Labute approximate surface area is 141 Å². The molecule has 2 aromatic heterocycles. The molecule has 126 valence electrons. The van der Waals surface area contributed by atoms with Crippen LogP contribution in [0, 0.1) is 0 Å². The summed E-state index contributed by atoms with van der Waals surface area (Å²) in [5.41, 5.74) is 0.176. The maximum absolute atomic E-state index is 14.4. The third kappa shape index (κ3) is 3.27. The summed E-state index contributed by atoms with van der Waals surface area (Å²) in [5.74, 6) is 0. The molecule has 0 spiro atoms. The molecule has 0 aliphatic carbocycles. The highest BCUT2D eigenvalue weighted by molar-refractivity contribution is 6.53. The summed E-state index contributed by atoms with van der Waals surface area (Å²) in [7, 11) is -0.969. The summed E-state index contributed by atoms with van der Waals surface area (Å²) >= 11 is 0. The van der Waals surface area contributed by atoms with E-state index in [-0.39, 0.29) is 0 Å². The number of allylic oxidation sites excluding steroid dienone is 1. The van der Waals surface area contributed by atoms with Crippen molar-refractivity contribution in [1.82, 2.24) is 14.8 Å². The molecule has 24 heavy (non-hydrogen) atoms. The minimum absolute atomic E-state index is 0.302. The molecule has 3 rings (SSSR count). The van der Waals surface area contributed by atoms with Gasteiger partial charge in [-0.1, -0.05) is 0 Å². The largest absolute Gasteiger partial charge is 0.524 e. The number of nitrogens with zero attached hydrogens (tertiary/aromatic N) is 3. The minimum atomic E-state index is -0.969. The first-order valence-electron chi connectivity index (χ1n) is 7.93. The van der Waals surface area contributed by atoms with Gasteiger partial charge in [0.05, 0.1) is 23.4 Å². The van der Waals surface area contributed by atoms with Gasteiger partial charge in [0.25, 0.3) is 0 Å². The van der Waals surface area contributed by atoms with E-state index in [9.17, 15) is 4.39 Å². The minimum Gasteiger partial charge on any atom is -0.398 e. The Balaban J connectivity index is 1.67. The maximum atomic E-state index is 14.4. The molecular weight excluding hydrogens is 308 g/mol. The number of hydrogen-bond acceptors (Lipinski definition) is 4. The van der Waals surface area contributed by atoms with Crippen LogP contribution in [0.2, 0.25) is 0 Å². The van der Waals surface area contributed by atoms with Crippen molar-refractivity contribution in [1.29, 1.82) is 0 Å². The molecule has 0 radical (unpaired) electrons. The van der Waals surface area contributed by atoms with Crippen LogP contribution in [0.4, 0.5) is 4.39 Å². The molecular formula is C17H21BFN3O2. The predicted octanol–water partition coefficient (Wildman–Crippen LogP) is 3.43. The summed E-state index contributed by atoms with van der Waals surface area (Å²) in [6.07, 6.45) is 6.69. The zero-order valence-electron chi connectivity index (χ0n) is 14.4. The molecule has 0 atom stereocenters. The third-order valence-corrected chi connectivity index (χ3v) is 4.55. The highest BCUT2D eigenvalue weighted by Crippen LogP contribution is 2.38. The molecule has 0 N–H and O–H groups in total. The Hall–Kier alpha value is -1.99. The van der Waals surface area contributed by atoms with Crippen LogP contribution in [0.3, 0.4) is 0 Å². The lowest BCUT2D eigenvalue weighted by molar-refractivity contribution is 0.00578. The predicted molar refractivity (Wildman–Crippen MR) is 90.7 cm³/mol. The van der Waals surface area contributed by atoms with E-state index in [1.807, 2.05) is 45.9 Å². The van der Waals surface area contributed by atoms with E-state index in [0.29, 0.717) is 6.54 Å². The van der Waals surface area contributed by atoms with Gasteiger partial charge in [-0.25, -0.2) is 4.39 Å². The van der Waals surface area contributed by atoms with Crippen molar-refractivity contribution < 1.29 is 13.7 Å². The number of hydrogen-bond donors (Lipinski definition) is 0. The van der Waals surface area contributed by atoms with Crippen LogP contribution >= 0.6 is 0 Å². The van der Waals surface area contributed by atoms with Gasteiger partial charge in [-0.05, 0) is 52.0 Å². The summed E-state index contributed by atoms with van der Waals surface area (Å²) in [5, 5.41) is 4.42. The Kier molecular flexibility index (Phi) is 4.32. The van der Waals surface area contributed by atoms with E-state index >= 15 is 0 Å². The second kappa shape index (κ2) is 6.14. The van der Waals surface area contributed by atoms with Gasteiger partial charge in [0.15, 0.2) is 0 Å². The number of rotatable bonds is 4. The standard InChI is InChI=1S/C17H21BFN3O2/c1-16(2)17(3,4)24-18(23-16)15(19)8-11-22-10-7-14(21-22)13-6-5-9-20-12-13/h5-10,12H,11H2,1-4H3. The van der Waals surface area contributed by atoms with E-state index in [0.717, 1.165) is 11.3 Å². The fourth-order valence-corrected chi connectivity index (χ4v) is 2.36. The van der Waals surface area contributed by atoms with Crippen molar-refractivity contribution in [3.8, 4) is 11.3 Å². The van der Waals surface area contributed by atoms with E-state index in [4.69, 9.17) is 9.31 Å². The lowest BCUT2D eigenvalue weighted by Gasteiger charge is -2.32. The van der Waals surface area contributed by atoms with Gasteiger partial charge in [0.1, 0.15) is 5.73 Å². The summed E-state index contributed by atoms with van der Waals surface area (Å²) in [6.45, 7) is 7.89. The molecule has 1 aliphatic rings. The first-order valence-corrected chi connectivity index (χ1v) is 7.93. The zero-order valence-corrected chi connectivity index (χ0v) is 14.4. The first-order chi connectivity index (χ1) is 11.3. The van der Waals surface area contributed by atoms with Crippen molar-refractivity contribution in [2.24, 2.45) is 0 Å². The summed E-state index contributed by atoms with van der Waals surface area (Å²) in [6, 6.07) is 5.66. The van der Waals surface area contributed by atoms with Crippen LogP contribution in [0.1, 0.15) is 27.7 Å². The highest BCUT2D eigenvalue weighted by Gasteiger charge is 2.52. The molecule has 5 nitrogen and oxygen atoms in total. The molecule has 1 saturated heterocycles. The van der Waals surface area contributed by atoms with Gasteiger partial charge in [0, 0.05) is 24.2 Å². The second-order valence-electron chi connectivity index (χ2n) is 6.84. The fourth-order valence-electron chi connectivity index (χ4n) is 2.36. The van der Waals surface area contributed by atoms with Gasteiger partial charge in [-0.2, -0.15) is 5.10 Å². The molecule has 2 aromatic rings. The van der Waals surface area contributed by atoms with Crippen LogP contribution in [0.5, 0.6) is 0 Å². The van der Waals surface area contributed by atoms with Crippen molar-refractivity contribution in [3.63, 3.8) is 0 Å². The Morgan fingerprint density at radius 3 is 2.58 bits per heavy atom. The molecule has 0 unspecified atom stereocenters. The smallest absolute Gasteiger partial charge is 0.398 e. The average molecular weight is 329 g/mol. The van der Waals surface area contributed by atoms with Crippen molar-refractivity contribution >= 4 is 7.12 Å². The average Bonchev–Trinajstić information content (AvgIpc) is 3.08. The van der Waals surface area contributed by atoms with Crippen LogP contribution < -0.4 is 0 Å². The van der Waals surface area contributed by atoms with Crippen LogP contribution in [-0.2, 0) is 15.9 Å². The molecule has 3 heterocycles. The summed E-state index contributed by atoms with van der Waals surface area (Å²) in [4.78, 5) is 4.07.